The van der Waals surface area contributed by atoms with Crippen molar-refractivity contribution in [2.24, 2.45) is 0 Å². The van der Waals surface area contributed by atoms with Crippen LogP contribution in [0.25, 0.3) is 10.6 Å². The Hall–Kier alpha value is -1.28. The van der Waals surface area contributed by atoms with E-state index in [0.29, 0.717) is 11.4 Å². The molecule has 0 N–H and O–H groups in total. The number of likely N-dealkylation sites (N-methyl/N-ethyl adjacent to an activating group) is 1. The molecule has 1 aromatic heterocycles. The zero-order valence-corrected chi connectivity index (χ0v) is 16.6. The Balaban J connectivity index is 1.96. The Morgan fingerprint density at radius 3 is 2.80 bits per heavy atom. The summed E-state index contributed by atoms with van der Waals surface area (Å²) in [5, 5.41) is 2.84. The van der Waals surface area contributed by atoms with E-state index in [-0.39, 0.29) is 6.04 Å². The summed E-state index contributed by atoms with van der Waals surface area (Å²) in [6, 6.07) is 7.20. The van der Waals surface area contributed by atoms with Crippen molar-refractivity contribution < 1.29 is 8.42 Å². The first-order valence-electron chi connectivity index (χ1n) is 8.64. The third-order valence-corrected chi connectivity index (χ3v) is 7.58. The molecule has 25 heavy (non-hydrogen) atoms. The van der Waals surface area contributed by atoms with E-state index >= 15 is 0 Å². The van der Waals surface area contributed by atoms with Crippen molar-refractivity contribution in [3.8, 4) is 10.6 Å². The fraction of sp³-hybridized carbons (Fsp3) is 0.500. The minimum Gasteiger partial charge on any atom is -0.305 e. The van der Waals surface area contributed by atoms with Crippen molar-refractivity contribution in [2.75, 3.05) is 26.7 Å². The summed E-state index contributed by atoms with van der Waals surface area (Å²) in [6.07, 6.45) is 1.67. The molecule has 5 nitrogen and oxygen atoms in total. The molecule has 2 heterocycles. The van der Waals surface area contributed by atoms with Crippen molar-refractivity contribution in [1.29, 1.82) is 0 Å². The topological polar surface area (TPSA) is 53.5 Å². The quantitative estimate of drug-likeness (QED) is 0.818. The molecule has 0 spiro atoms. The lowest BCUT2D eigenvalue weighted by atomic mass is 10.2. The number of benzene rings is 1. The van der Waals surface area contributed by atoms with Crippen LogP contribution in [0.2, 0.25) is 0 Å². The summed E-state index contributed by atoms with van der Waals surface area (Å²) in [4.78, 5) is 7.06. The minimum absolute atomic E-state index is 0.0169. The van der Waals surface area contributed by atoms with Crippen LogP contribution in [0, 0.1) is 6.92 Å². The molecular weight excluding hydrogens is 354 g/mol. The molecule has 1 unspecified atom stereocenters. The van der Waals surface area contributed by atoms with Gasteiger partial charge in [0, 0.05) is 35.8 Å². The van der Waals surface area contributed by atoms with Gasteiger partial charge in [0.1, 0.15) is 5.01 Å². The first-order chi connectivity index (χ1) is 11.9. The van der Waals surface area contributed by atoms with Crippen LogP contribution < -0.4 is 0 Å². The molecule has 0 saturated carbocycles. The van der Waals surface area contributed by atoms with E-state index < -0.39 is 10.0 Å². The van der Waals surface area contributed by atoms with Crippen LogP contribution in [-0.2, 0) is 10.0 Å². The molecule has 1 aliphatic rings. The molecule has 0 aliphatic carbocycles. The summed E-state index contributed by atoms with van der Waals surface area (Å²) in [5.41, 5.74) is 1.81. The van der Waals surface area contributed by atoms with Crippen LogP contribution in [-0.4, -0.2) is 55.3 Å². The van der Waals surface area contributed by atoms with Gasteiger partial charge < -0.3 is 4.90 Å². The van der Waals surface area contributed by atoms with Gasteiger partial charge >= 0.3 is 0 Å². The number of hydrogen-bond donors (Lipinski definition) is 0. The van der Waals surface area contributed by atoms with E-state index in [4.69, 9.17) is 0 Å². The Morgan fingerprint density at radius 2 is 2.12 bits per heavy atom. The molecule has 0 radical (unpaired) electrons. The molecule has 1 atom stereocenters. The number of aromatic nitrogens is 1. The lowest BCUT2D eigenvalue weighted by Gasteiger charge is -2.29. The summed E-state index contributed by atoms with van der Waals surface area (Å²) < 4.78 is 28.3. The summed E-state index contributed by atoms with van der Waals surface area (Å²) in [5.74, 6) is 0. The van der Waals surface area contributed by atoms with Crippen LogP contribution in [0.4, 0.5) is 0 Å². The highest BCUT2D eigenvalue weighted by molar-refractivity contribution is 7.89. The fourth-order valence-corrected chi connectivity index (χ4v) is 5.85. The molecular formula is C18H25N3O2S2. The number of hydrogen-bond acceptors (Lipinski definition) is 5. The van der Waals surface area contributed by atoms with E-state index in [1.165, 1.54) is 0 Å². The summed E-state index contributed by atoms with van der Waals surface area (Å²) >= 11 is 1.54. The number of thiazole rings is 1. The lowest BCUT2D eigenvalue weighted by Crippen LogP contribution is -2.43. The van der Waals surface area contributed by atoms with Gasteiger partial charge in [0.25, 0.3) is 0 Å². The van der Waals surface area contributed by atoms with Gasteiger partial charge in [-0.2, -0.15) is 4.31 Å². The minimum atomic E-state index is -3.51. The van der Waals surface area contributed by atoms with Crippen LogP contribution in [0.15, 0.2) is 34.5 Å². The Bertz CT molecular complexity index is 832. The zero-order valence-electron chi connectivity index (χ0n) is 15.0. The van der Waals surface area contributed by atoms with E-state index in [1.54, 1.807) is 27.8 Å². The number of nitrogens with zero attached hydrogens (tertiary/aromatic N) is 3. The van der Waals surface area contributed by atoms with E-state index in [1.807, 2.05) is 24.4 Å². The Morgan fingerprint density at radius 1 is 1.32 bits per heavy atom. The predicted octanol–water partition coefficient (Wildman–Crippen LogP) is 3.22. The van der Waals surface area contributed by atoms with Crippen LogP contribution in [0.1, 0.15) is 25.5 Å². The first kappa shape index (κ1) is 18.5. The number of aryl methyl sites for hydroxylation is 1. The van der Waals surface area contributed by atoms with Crippen molar-refractivity contribution in [3.05, 3.63) is 35.3 Å². The molecule has 136 valence electrons. The zero-order chi connectivity index (χ0) is 18.0. The second kappa shape index (κ2) is 7.53. The van der Waals surface area contributed by atoms with Crippen LogP contribution in [0.5, 0.6) is 0 Å². The molecule has 0 amide bonds. The second-order valence-electron chi connectivity index (χ2n) is 6.62. The fourth-order valence-electron chi connectivity index (χ4n) is 3.28. The second-order valence-corrected chi connectivity index (χ2v) is 9.36. The molecule has 1 aromatic carbocycles. The molecule has 3 rings (SSSR count). The Kier molecular flexibility index (Phi) is 5.58. The smallest absolute Gasteiger partial charge is 0.243 e. The van der Waals surface area contributed by atoms with Gasteiger partial charge in [0.2, 0.25) is 10.0 Å². The number of sulfonamides is 1. The van der Waals surface area contributed by atoms with Gasteiger partial charge in [-0.25, -0.2) is 13.4 Å². The molecule has 1 aliphatic heterocycles. The first-order valence-corrected chi connectivity index (χ1v) is 11.0. The van der Waals surface area contributed by atoms with Crippen LogP contribution in [0.3, 0.4) is 0 Å². The maximum absolute atomic E-state index is 13.3. The van der Waals surface area contributed by atoms with Gasteiger partial charge in [-0.05, 0) is 45.5 Å². The van der Waals surface area contributed by atoms with Crippen molar-refractivity contribution in [1.82, 2.24) is 14.2 Å². The third kappa shape index (κ3) is 3.95. The summed E-state index contributed by atoms with van der Waals surface area (Å²) in [7, 11) is -1.45. The van der Waals surface area contributed by atoms with Crippen molar-refractivity contribution >= 4 is 21.4 Å². The molecule has 0 bridgehead atoms. The van der Waals surface area contributed by atoms with E-state index in [0.717, 1.165) is 42.2 Å². The average Bonchev–Trinajstić information content (AvgIpc) is 2.93. The lowest BCUT2D eigenvalue weighted by molar-refractivity contribution is 0.270. The standard InChI is InChI=1S/C18H25N3O2S2/c1-4-16-12-20(3)9-6-10-21(16)25(22,23)17-8-5-7-15(11-17)18-19-14(2)13-24-18/h5,7-8,11,13,16H,4,6,9-10,12H2,1-3H3. The van der Waals surface area contributed by atoms with E-state index in [2.05, 4.69) is 23.9 Å². The highest BCUT2D eigenvalue weighted by atomic mass is 32.2. The largest absolute Gasteiger partial charge is 0.305 e. The summed E-state index contributed by atoms with van der Waals surface area (Å²) in [6.45, 7) is 6.29. The van der Waals surface area contributed by atoms with E-state index in [9.17, 15) is 8.42 Å². The van der Waals surface area contributed by atoms with Crippen molar-refractivity contribution in [2.45, 2.75) is 37.6 Å². The highest BCUT2D eigenvalue weighted by Gasteiger charge is 2.32. The van der Waals surface area contributed by atoms with Crippen LogP contribution >= 0.6 is 11.3 Å². The SMILES string of the molecule is CCC1CN(C)CCCN1S(=O)(=O)c1cccc(-c2nc(C)cs2)c1. The Labute approximate surface area is 154 Å². The number of rotatable bonds is 4. The molecule has 1 fully saturated rings. The van der Waals surface area contributed by atoms with Gasteiger partial charge in [0.05, 0.1) is 4.90 Å². The molecule has 2 aromatic rings. The monoisotopic (exact) mass is 379 g/mol. The van der Waals surface area contributed by atoms with Gasteiger partial charge in [-0.1, -0.05) is 19.1 Å². The van der Waals surface area contributed by atoms with Gasteiger partial charge in [0.15, 0.2) is 0 Å². The third-order valence-electron chi connectivity index (χ3n) is 4.63. The average molecular weight is 380 g/mol. The molecule has 1 saturated heterocycles. The normalized spacial score (nSPS) is 20.5. The van der Waals surface area contributed by atoms with Crippen molar-refractivity contribution in [3.63, 3.8) is 0 Å². The predicted molar refractivity (Wildman–Crippen MR) is 102 cm³/mol. The molecule has 7 heteroatoms. The van der Waals surface area contributed by atoms with Gasteiger partial charge in [-0.3, -0.25) is 0 Å². The highest BCUT2D eigenvalue weighted by Crippen LogP contribution is 2.28. The maximum Gasteiger partial charge on any atom is 0.243 e. The maximum atomic E-state index is 13.3. The van der Waals surface area contributed by atoms with Gasteiger partial charge in [-0.15, -0.1) is 11.3 Å².